The Morgan fingerprint density at radius 3 is 2.36 bits per heavy atom. The first-order chi connectivity index (χ1) is 12.0. The Morgan fingerprint density at radius 2 is 1.68 bits per heavy atom. The third-order valence-electron chi connectivity index (χ3n) is 3.73. The van der Waals surface area contributed by atoms with Gasteiger partial charge in [0.2, 0.25) is 5.91 Å². The lowest BCUT2D eigenvalue weighted by Crippen LogP contribution is -2.14. The fraction of sp³-hybridized carbons (Fsp3) is 0.300. The van der Waals surface area contributed by atoms with Crippen LogP contribution in [0.5, 0.6) is 5.75 Å². The van der Waals surface area contributed by atoms with E-state index in [0.717, 1.165) is 6.42 Å². The van der Waals surface area contributed by atoms with E-state index < -0.39 is 0 Å². The van der Waals surface area contributed by atoms with Gasteiger partial charge in [0.25, 0.3) is 5.91 Å². The topological polar surface area (TPSA) is 67.4 Å². The van der Waals surface area contributed by atoms with Crippen molar-refractivity contribution in [3.8, 4) is 5.75 Å². The molecular weight excluding hydrogens is 316 g/mol. The van der Waals surface area contributed by atoms with Crippen LogP contribution in [-0.4, -0.2) is 17.9 Å². The van der Waals surface area contributed by atoms with Gasteiger partial charge < -0.3 is 15.4 Å². The molecule has 0 radical (unpaired) electrons. The maximum atomic E-state index is 12.5. The molecule has 2 amide bonds. The predicted octanol–water partition coefficient (Wildman–Crippen LogP) is 4.46. The van der Waals surface area contributed by atoms with Crippen molar-refractivity contribution in [2.45, 2.75) is 39.7 Å². The average molecular weight is 340 g/mol. The fourth-order valence-electron chi connectivity index (χ4n) is 2.15. The summed E-state index contributed by atoms with van der Waals surface area (Å²) >= 11 is 0. The normalized spacial score (nSPS) is 11.5. The van der Waals surface area contributed by atoms with Crippen molar-refractivity contribution in [2.75, 3.05) is 10.6 Å². The van der Waals surface area contributed by atoms with Crippen LogP contribution in [0.1, 0.15) is 44.0 Å². The lowest BCUT2D eigenvalue weighted by atomic mass is 10.2. The van der Waals surface area contributed by atoms with Crippen molar-refractivity contribution >= 4 is 23.2 Å². The number of rotatable bonds is 7. The summed E-state index contributed by atoms with van der Waals surface area (Å²) in [5.41, 5.74) is 1.79. The van der Waals surface area contributed by atoms with Gasteiger partial charge in [-0.15, -0.1) is 0 Å². The summed E-state index contributed by atoms with van der Waals surface area (Å²) in [6.45, 7) is 5.82. The monoisotopic (exact) mass is 340 g/mol. The second-order valence-corrected chi connectivity index (χ2v) is 5.80. The van der Waals surface area contributed by atoms with Crippen LogP contribution in [0.2, 0.25) is 0 Å². The van der Waals surface area contributed by atoms with Crippen LogP contribution in [0.3, 0.4) is 0 Å². The SMILES string of the molecule is CCC(=O)Nc1cccc(NC(=O)c2cccc(O[C@H](C)CC)c2)c1. The van der Waals surface area contributed by atoms with Gasteiger partial charge in [-0.05, 0) is 49.7 Å². The minimum Gasteiger partial charge on any atom is -0.491 e. The summed E-state index contributed by atoms with van der Waals surface area (Å²) in [5, 5.41) is 5.61. The fourth-order valence-corrected chi connectivity index (χ4v) is 2.15. The Bertz CT molecular complexity index is 743. The number of carbonyl (C=O) groups excluding carboxylic acids is 2. The van der Waals surface area contributed by atoms with Gasteiger partial charge in [0.15, 0.2) is 0 Å². The second kappa shape index (κ2) is 8.87. The third kappa shape index (κ3) is 5.64. The molecule has 0 bridgehead atoms. The van der Waals surface area contributed by atoms with Crippen molar-refractivity contribution in [1.82, 2.24) is 0 Å². The molecule has 0 spiro atoms. The molecule has 2 rings (SSSR count). The summed E-state index contributed by atoms with van der Waals surface area (Å²) in [6, 6.07) is 14.2. The summed E-state index contributed by atoms with van der Waals surface area (Å²) in [5.74, 6) is 0.373. The van der Waals surface area contributed by atoms with E-state index in [9.17, 15) is 9.59 Å². The minimum absolute atomic E-state index is 0.0710. The van der Waals surface area contributed by atoms with E-state index in [1.54, 1.807) is 49.4 Å². The molecule has 25 heavy (non-hydrogen) atoms. The molecule has 0 aromatic heterocycles. The quantitative estimate of drug-likeness (QED) is 0.782. The number of hydrogen-bond acceptors (Lipinski definition) is 3. The van der Waals surface area contributed by atoms with Crippen molar-refractivity contribution in [3.05, 3.63) is 54.1 Å². The highest BCUT2D eigenvalue weighted by atomic mass is 16.5. The van der Waals surface area contributed by atoms with Gasteiger partial charge in [0, 0.05) is 23.4 Å². The van der Waals surface area contributed by atoms with E-state index in [2.05, 4.69) is 10.6 Å². The first-order valence-corrected chi connectivity index (χ1v) is 8.49. The van der Waals surface area contributed by atoms with Crippen LogP contribution in [0.25, 0.3) is 0 Å². The van der Waals surface area contributed by atoms with E-state index in [1.165, 1.54) is 0 Å². The Labute approximate surface area is 148 Å². The molecule has 0 aliphatic rings. The van der Waals surface area contributed by atoms with Gasteiger partial charge in [0.1, 0.15) is 5.75 Å². The van der Waals surface area contributed by atoms with Crippen molar-refractivity contribution < 1.29 is 14.3 Å². The molecule has 132 valence electrons. The van der Waals surface area contributed by atoms with Crippen molar-refractivity contribution in [1.29, 1.82) is 0 Å². The van der Waals surface area contributed by atoms with Crippen molar-refractivity contribution in [2.24, 2.45) is 0 Å². The summed E-state index contributed by atoms with van der Waals surface area (Å²) < 4.78 is 5.75. The van der Waals surface area contributed by atoms with Crippen LogP contribution in [-0.2, 0) is 4.79 Å². The standard InChI is InChI=1S/C20H24N2O3/c1-4-14(3)25-18-11-6-8-15(12-18)20(24)22-17-10-7-9-16(13-17)21-19(23)5-2/h6-14H,4-5H2,1-3H3,(H,21,23)(H,22,24)/t14-/m1/s1. The van der Waals surface area contributed by atoms with E-state index >= 15 is 0 Å². The highest BCUT2D eigenvalue weighted by Crippen LogP contribution is 2.19. The molecular formula is C20H24N2O3. The number of anilines is 2. The van der Waals surface area contributed by atoms with E-state index in [1.807, 2.05) is 19.9 Å². The minimum atomic E-state index is -0.228. The van der Waals surface area contributed by atoms with Gasteiger partial charge in [0.05, 0.1) is 6.10 Å². The Hall–Kier alpha value is -2.82. The van der Waals surface area contributed by atoms with Crippen LogP contribution in [0, 0.1) is 0 Å². The van der Waals surface area contributed by atoms with Gasteiger partial charge in [-0.3, -0.25) is 9.59 Å². The molecule has 0 aliphatic heterocycles. The molecule has 2 aromatic rings. The molecule has 2 N–H and O–H groups in total. The highest BCUT2D eigenvalue weighted by Gasteiger charge is 2.09. The van der Waals surface area contributed by atoms with Crippen LogP contribution in [0.4, 0.5) is 11.4 Å². The molecule has 5 heteroatoms. The molecule has 0 unspecified atom stereocenters. The summed E-state index contributed by atoms with van der Waals surface area (Å²) in [6.07, 6.45) is 1.39. The summed E-state index contributed by atoms with van der Waals surface area (Å²) in [7, 11) is 0. The molecule has 0 heterocycles. The molecule has 0 aliphatic carbocycles. The molecule has 0 fully saturated rings. The Morgan fingerprint density at radius 1 is 1.00 bits per heavy atom. The van der Waals surface area contributed by atoms with E-state index in [-0.39, 0.29) is 17.9 Å². The molecule has 0 saturated carbocycles. The van der Waals surface area contributed by atoms with Gasteiger partial charge in [-0.2, -0.15) is 0 Å². The lowest BCUT2D eigenvalue weighted by molar-refractivity contribution is -0.115. The number of hydrogen-bond donors (Lipinski definition) is 2. The number of benzene rings is 2. The Balaban J connectivity index is 2.08. The zero-order valence-electron chi connectivity index (χ0n) is 14.8. The molecule has 5 nitrogen and oxygen atoms in total. The smallest absolute Gasteiger partial charge is 0.255 e. The van der Waals surface area contributed by atoms with Gasteiger partial charge in [-0.25, -0.2) is 0 Å². The summed E-state index contributed by atoms with van der Waals surface area (Å²) in [4.78, 5) is 23.9. The van der Waals surface area contributed by atoms with E-state index in [0.29, 0.717) is 29.1 Å². The van der Waals surface area contributed by atoms with Crippen molar-refractivity contribution in [3.63, 3.8) is 0 Å². The number of carbonyl (C=O) groups is 2. The lowest BCUT2D eigenvalue weighted by Gasteiger charge is -2.13. The maximum Gasteiger partial charge on any atom is 0.255 e. The average Bonchev–Trinajstić information content (AvgIpc) is 2.62. The van der Waals surface area contributed by atoms with Gasteiger partial charge >= 0.3 is 0 Å². The van der Waals surface area contributed by atoms with Crippen LogP contribution in [0.15, 0.2) is 48.5 Å². The van der Waals surface area contributed by atoms with Crippen LogP contribution < -0.4 is 15.4 Å². The van der Waals surface area contributed by atoms with Gasteiger partial charge in [-0.1, -0.05) is 26.0 Å². The van der Waals surface area contributed by atoms with Crippen LogP contribution >= 0.6 is 0 Å². The first kappa shape index (κ1) is 18.5. The largest absolute Gasteiger partial charge is 0.491 e. The Kier molecular flexibility index (Phi) is 6.57. The van der Waals surface area contributed by atoms with E-state index in [4.69, 9.17) is 4.74 Å². The molecule has 0 saturated heterocycles. The molecule has 2 aromatic carbocycles. The highest BCUT2D eigenvalue weighted by molar-refractivity contribution is 6.05. The second-order valence-electron chi connectivity index (χ2n) is 5.80. The first-order valence-electron chi connectivity index (χ1n) is 8.49. The number of nitrogens with one attached hydrogen (secondary N) is 2. The predicted molar refractivity (Wildman–Crippen MR) is 100 cm³/mol. The zero-order valence-corrected chi connectivity index (χ0v) is 14.8. The number of ether oxygens (including phenoxy) is 1. The maximum absolute atomic E-state index is 12.5. The zero-order chi connectivity index (χ0) is 18.2. The number of amides is 2. The molecule has 1 atom stereocenters. The third-order valence-corrected chi connectivity index (χ3v) is 3.73.